The van der Waals surface area contributed by atoms with E-state index in [1.54, 1.807) is 0 Å². The van der Waals surface area contributed by atoms with Gasteiger partial charge in [0.1, 0.15) is 0 Å². The summed E-state index contributed by atoms with van der Waals surface area (Å²) in [6.45, 7) is 7.27. The van der Waals surface area contributed by atoms with Crippen molar-refractivity contribution in [3.63, 3.8) is 0 Å². The fraction of sp³-hybridized carbons (Fsp3) is 0.429. The molecule has 1 fully saturated rings. The standard InChI is InChI=1S/C28H36O/c1-3-5-21-29-22-26-15-19-28(20-16-26)27-17-13-25(14-18-27)12-11-24-9-7-23(6-4-2)8-10-24/h3-4,6,13-20,23-24H,1,5,7-12,21-22H2,2H3/b6-4-. The minimum atomic E-state index is 0.670. The molecule has 0 bridgehead atoms. The average Bonchev–Trinajstić information content (AvgIpc) is 2.77. The lowest BCUT2D eigenvalue weighted by Gasteiger charge is -2.26. The van der Waals surface area contributed by atoms with Crippen LogP contribution >= 0.6 is 0 Å². The summed E-state index contributed by atoms with van der Waals surface area (Å²) in [6.07, 6.45) is 15.5. The highest BCUT2D eigenvalue weighted by Gasteiger charge is 2.19. The number of ether oxygens (including phenoxy) is 1. The van der Waals surface area contributed by atoms with Gasteiger partial charge in [0.05, 0.1) is 13.2 Å². The van der Waals surface area contributed by atoms with Gasteiger partial charge >= 0.3 is 0 Å². The van der Waals surface area contributed by atoms with Crippen molar-refractivity contribution < 1.29 is 4.74 Å². The molecular formula is C28H36O. The van der Waals surface area contributed by atoms with Gasteiger partial charge in [-0.3, -0.25) is 0 Å². The molecule has 29 heavy (non-hydrogen) atoms. The van der Waals surface area contributed by atoms with E-state index in [1.807, 2.05) is 6.08 Å². The number of benzene rings is 2. The molecule has 1 aliphatic carbocycles. The Morgan fingerprint density at radius 3 is 2.10 bits per heavy atom. The van der Waals surface area contributed by atoms with Gasteiger partial charge in [0, 0.05) is 0 Å². The first-order valence-corrected chi connectivity index (χ1v) is 11.3. The van der Waals surface area contributed by atoms with Gasteiger partial charge in [-0.1, -0.05) is 66.8 Å². The van der Waals surface area contributed by atoms with Crippen LogP contribution < -0.4 is 0 Å². The van der Waals surface area contributed by atoms with Crippen molar-refractivity contribution in [2.45, 2.75) is 58.5 Å². The number of rotatable bonds is 10. The average molecular weight is 389 g/mol. The molecule has 0 spiro atoms. The van der Waals surface area contributed by atoms with Crippen molar-refractivity contribution in [2.24, 2.45) is 11.8 Å². The van der Waals surface area contributed by atoms with Crippen LogP contribution in [-0.2, 0) is 17.8 Å². The highest BCUT2D eigenvalue weighted by molar-refractivity contribution is 5.63. The molecule has 2 aromatic carbocycles. The van der Waals surface area contributed by atoms with Crippen molar-refractivity contribution in [3.8, 4) is 11.1 Å². The van der Waals surface area contributed by atoms with Crippen LogP contribution in [0.15, 0.2) is 73.3 Å². The molecule has 1 nitrogen and oxygen atoms in total. The van der Waals surface area contributed by atoms with E-state index in [4.69, 9.17) is 4.74 Å². The highest BCUT2D eigenvalue weighted by atomic mass is 16.5. The second kappa shape index (κ2) is 11.8. The van der Waals surface area contributed by atoms with E-state index in [9.17, 15) is 0 Å². The zero-order valence-corrected chi connectivity index (χ0v) is 18.0. The summed E-state index contributed by atoms with van der Waals surface area (Å²) in [5.74, 6) is 1.75. The maximum Gasteiger partial charge on any atom is 0.0717 e. The Bertz CT molecular complexity index is 746. The van der Waals surface area contributed by atoms with Gasteiger partial charge in [-0.05, 0) is 86.0 Å². The van der Waals surface area contributed by atoms with E-state index < -0.39 is 0 Å². The molecule has 154 valence electrons. The summed E-state index contributed by atoms with van der Waals surface area (Å²) < 4.78 is 5.64. The summed E-state index contributed by atoms with van der Waals surface area (Å²) >= 11 is 0. The summed E-state index contributed by atoms with van der Waals surface area (Å²) in [7, 11) is 0. The highest BCUT2D eigenvalue weighted by Crippen LogP contribution is 2.32. The van der Waals surface area contributed by atoms with Crippen molar-refractivity contribution in [1.29, 1.82) is 0 Å². The Kier molecular flexibility index (Phi) is 8.77. The Hall–Kier alpha value is -2.12. The largest absolute Gasteiger partial charge is 0.376 e. The van der Waals surface area contributed by atoms with Gasteiger partial charge in [-0.2, -0.15) is 0 Å². The third-order valence-electron chi connectivity index (χ3n) is 6.17. The Balaban J connectivity index is 1.45. The lowest BCUT2D eigenvalue weighted by molar-refractivity contribution is 0.125. The van der Waals surface area contributed by atoms with E-state index in [2.05, 4.69) is 74.2 Å². The lowest BCUT2D eigenvalue weighted by Crippen LogP contribution is -2.13. The first-order valence-electron chi connectivity index (χ1n) is 11.3. The monoisotopic (exact) mass is 388 g/mol. The van der Waals surface area contributed by atoms with Crippen LogP contribution in [0.3, 0.4) is 0 Å². The molecule has 3 rings (SSSR count). The minimum Gasteiger partial charge on any atom is -0.376 e. The minimum absolute atomic E-state index is 0.670. The molecule has 1 aliphatic rings. The smallest absolute Gasteiger partial charge is 0.0717 e. The number of hydrogen-bond donors (Lipinski definition) is 0. The quantitative estimate of drug-likeness (QED) is 0.298. The van der Waals surface area contributed by atoms with E-state index in [0.717, 1.165) is 24.9 Å². The topological polar surface area (TPSA) is 9.23 Å². The molecule has 0 amide bonds. The molecule has 0 atom stereocenters. The van der Waals surface area contributed by atoms with E-state index in [-0.39, 0.29) is 0 Å². The first kappa shape index (κ1) is 21.6. The normalized spacial score (nSPS) is 19.5. The predicted molar refractivity (Wildman–Crippen MR) is 125 cm³/mol. The molecule has 2 aromatic rings. The van der Waals surface area contributed by atoms with E-state index >= 15 is 0 Å². The van der Waals surface area contributed by atoms with Crippen LogP contribution in [-0.4, -0.2) is 6.61 Å². The Morgan fingerprint density at radius 2 is 1.52 bits per heavy atom. The number of hydrogen-bond acceptors (Lipinski definition) is 1. The summed E-state index contributed by atoms with van der Waals surface area (Å²) in [4.78, 5) is 0. The molecule has 0 heterocycles. The fourth-order valence-corrected chi connectivity index (χ4v) is 4.33. The van der Waals surface area contributed by atoms with Crippen LogP contribution in [0, 0.1) is 11.8 Å². The van der Waals surface area contributed by atoms with Gasteiger partial charge < -0.3 is 4.74 Å². The fourth-order valence-electron chi connectivity index (χ4n) is 4.33. The van der Waals surface area contributed by atoms with Crippen LogP contribution in [0.2, 0.25) is 0 Å². The van der Waals surface area contributed by atoms with Gasteiger partial charge in [0.2, 0.25) is 0 Å². The molecule has 1 saturated carbocycles. The second-order valence-corrected chi connectivity index (χ2v) is 8.37. The van der Waals surface area contributed by atoms with Crippen LogP contribution in [0.5, 0.6) is 0 Å². The molecule has 0 saturated heterocycles. The van der Waals surface area contributed by atoms with E-state index in [0.29, 0.717) is 6.61 Å². The maximum atomic E-state index is 5.64. The molecule has 0 aliphatic heterocycles. The zero-order valence-electron chi connectivity index (χ0n) is 18.0. The molecule has 0 radical (unpaired) electrons. The molecular weight excluding hydrogens is 352 g/mol. The molecule has 0 unspecified atom stereocenters. The summed E-state index contributed by atoms with van der Waals surface area (Å²) in [6, 6.07) is 17.9. The lowest BCUT2D eigenvalue weighted by atomic mass is 9.79. The van der Waals surface area contributed by atoms with Crippen molar-refractivity contribution >= 4 is 0 Å². The Labute approximate surface area is 177 Å². The van der Waals surface area contributed by atoms with Crippen LogP contribution in [0.25, 0.3) is 11.1 Å². The third-order valence-corrected chi connectivity index (χ3v) is 6.17. The van der Waals surface area contributed by atoms with Gasteiger partial charge in [-0.15, -0.1) is 6.58 Å². The SMILES string of the molecule is C=CCCOCc1ccc(-c2ccc(CCC3CCC(/C=C\C)CC3)cc2)cc1. The first-order chi connectivity index (χ1) is 14.3. The molecule has 0 N–H and O–H groups in total. The summed E-state index contributed by atoms with van der Waals surface area (Å²) in [5.41, 5.74) is 5.25. The van der Waals surface area contributed by atoms with Crippen molar-refractivity contribution in [3.05, 3.63) is 84.5 Å². The number of aryl methyl sites for hydroxylation is 1. The van der Waals surface area contributed by atoms with Crippen LogP contribution in [0.4, 0.5) is 0 Å². The van der Waals surface area contributed by atoms with Gasteiger partial charge in [0.25, 0.3) is 0 Å². The second-order valence-electron chi connectivity index (χ2n) is 8.37. The van der Waals surface area contributed by atoms with Crippen molar-refractivity contribution in [1.82, 2.24) is 0 Å². The third kappa shape index (κ3) is 7.01. The number of allylic oxidation sites excluding steroid dienone is 2. The van der Waals surface area contributed by atoms with Gasteiger partial charge in [-0.25, -0.2) is 0 Å². The molecule has 1 heteroatoms. The van der Waals surface area contributed by atoms with Gasteiger partial charge in [0.15, 0.2) is 0 Å². The van der Waals surface area contributed by atoms with Crippen LogP contribution in [0.1, 0.15) is 56.6 Å². The summed E-state index contributed by atoms with van der Waals surface area (Å²) in [5, 5.41) is 0. The Morgan fingerprint density at radius 1 is 0.897 bits per heavy atom. The van der Waals surface area contributed by atoms with E-state index in [1.165, 1.54) is 60.8 Å². The zero-order chi connectivity index (χ0) is 20.3. The molecule has 0 aromatic heterocycles. The predicted octanol–water partition coefficient (Wildman–Crippen LogP) is 7.76. The van der Waals surface area contributed by atoms with Crippen molar-refractivity contribution in [2.75, 3.05) is 6.61 Å². The maximum absolute atomic E-state index is 5.64.